The molecule has 0 saturated carbocycles. The van der Waals surface area contributed by atoms with Crippen LogP contribution in [0.2, 0.25) is 0 Å². The number of H-pyrrole nitrogens is 1. The fourth-order valence-corrected chi connectivity index (χ4v) is 3.58. The number of pyridine rings is 1. The number of hydrogen-bond acceptors (Lipinski definition) is 5. The number of nitrogens with one attached hydrogen (secondary N) is 1. The molecule has 26 heavy (non-hydrogen) atoms. The average Bonchev–Trinajstić information content (AvgIpc) is 3.17. The molecule has 3 heterocycles. The zero-order valence-corrected chi connectivity index (χ0v) is 15.0. The third-order valence-electron chi connectivity index (χ3n) is 4.85. The average molecular weight is 350 g/mol. The van der Waals surface area contributed by atoms with Gasteiger partial charge in [-0.05, 0) is 30.3 Å². The summed E-state index contributed by atoms with van der Waals surface area (Å²) in [7, 11) is 3.38. The van der Waals surface area contributed by atoms with Crippen LogP contribution in [-0.2, 0) is 13.0 Å². The molecule has 1 unspecified atom stereocenters. The Hall–Kier alpha value is -2.86. The van der Waals surface area contributed by atoms with Crippen molar-refractivity contribution in [3.8, 4) is 11.5 Å². The Morgan fingerprint density at radius 2 is 2.08 bits per heavy atom. The summed E-state index contributed by atoms with van der Waals surface area (Å²) in [5.74, 6) is 1.69. The van der Waals surface area contributed by atoms with Gasteiger partial charge in [-0.25, -0.2) is 4.98 Å². The zero-order chi connectivity index (χ0) is 17.9. The first-order valence-electron chi connectivity index (χ1n) is 8.68. The molecular formula is C20H22N4O2. The molecule has 0 aliphatic carbocycles. The highest BCUT2D eigenvalue weighted by atomic mass is 16.5. The molecule has 6 heteroatoms. The van der Waals surface area contributed by atoms with Crippen molar-refractivity contribution in [1.29, 1.82) is 0 Å². The molecule has 1 aliphatic heterocycles. The maximum Gasteiger partial charge on any atom is 0.123 e. The number of methoxy groups -OCH3 is 2. The molecule has 0 amide bonds. The summed E-state index contributed by atoms with van der Waals surface area (Å²) in [6.07, 6.45) is 4.54. The Kier molecular flexibility index (Phi) is 4.58. The predicted octanol–water partition coefficient (Wildman–Crippen LogP) is 2.97. The summed E-state index contributed by atoms with van der Waals surface area (Å²) < 4.78 is 11.0. The van der Waals surface area contributed by atoms with Crippen LogP contribution in [0.25, 0.3) is 0 Å². The number of nitrogens with zero attached hydrogens (tertiary/aromatic N) is 3. The van der Waals surface area contributed by atoms with E-state index in [9.17, 15) is 0 Å². The summed E-state index contributed by atoms with van der Waals surface area (Å²) in [4.78, 5) is 14.9. The van der Waals surface area contributed by atoms with Gasteiger partial charge in [0.2, 0.25) is 0 Å². The van der Waals surface area contributed by atoms with Crippen LogP contribution in [0.1, 0.15) is 28.7 Å². The first-order chi connectivity index (χ1) is 12.8. The largest absolute Gasteiger partial charge is 0.497 e. The second kappa shape index (κ2) is 7.17. The maximum atomic E-state index is 5.56. The Bertz CT molecular complexity index is 879. The van der Waals surface area contributed by atoms with E-state index in [1.165, 1.54) is 5.69 Å². The third kappa shape index (κ3) is 3.04. The molecule has 0 fully saturated rings. The van der Waals surface area contributed by atoms with E-state index in [0.29, 0.717) is 0 Å². The van der Waals surface area contributed by atoms with Crippen LogP contribution in [0, 0.1) is 0 Å². The van der Waals surface area contributed by atoms with E-state index in [-0.39, 0.29) is 6.04 Å². The first-order valence-corrected chi connectivity index (χ1v) is 8.68. The molecule has 0 radical (unpaired) electrons. The molecule has 1 N–H and O–H groups in total. The van der Waals surface area contributed by atoms with Crippen molar-refractivity contribution in [3.05, 3.63) is 71.6 Å². The highest BCUT2D eigenvalue weighted by molar-refractivity contribution is 5.41. The smallest absolute Gasteiger partial charge is 0.123 e. The van der Waals surface area contributed by atoms with E-state index in [0.717, 1.165) is 48.0 Å². The second-order valence-corrected chi connectivity index (χ2v) is 6.32. The minimum absolute atomic E-state index is 0.0158. The number of aromatic nitrogens is 3. The van der Waals surface area contributed by atoms with Gasteiger partial charge in [-0.2, -0.15) is 0 Å². The molecule has 0 saturated heterocycles. The summed E-state index contributed by atoms with van der Waals surface area (Å²) >= 11 is 0. The van der Waals surface area contributed by atoms with Gasteiger partial charge in [-0.3, -0.25) is 9.88 Å². The van der Waals surface area contributed by atoms with Crippen LogP contribution in [0.4, 0.5) is 0 Å². The number of rotatable bonds is 5. The molecule has 1 atom stereocenters. The molecule has 0 spiro atoms. The number of ether oxygens (including phenoxy) is 2. The molecule has 1 aromatic carbocycles. The number of imidazole rings is 1. The minimum Gasteiger partial charge on any atom is -0.497 e. The maximum absolute atomic E-state index is 5.56. The van der Waals surface area contributed by atoms with Crippen LogP contribution in [0.5, 0.6) is 11.5 Å². The van der Waals surface area contributed by atoms with Crippen LogP contribution in [0.15, 0.2) is 48.9 Å². The van der Waals surface area contributed by atoms with E-state index in [4.69, 9.17) is 9.47 Å². The Morgan fingerprint density at radius 3 is 2.85 bits per heavy atom. The monoisotopic (exact) mass is 350 g/mol. The van der Waals surface area contributed by atoms with Crippen molar-refractivity contribution in [2.24, 2.45) is 0 Å². The molecule has 4 rings (SSSR count). The summed E-state index contributed by atoms with van der Waals surface area (Å²) in [6, 6.07) is 11.9. The fraction of sp³-hybridized carbons (Fsp3) is 0.300. The lowest BCUT2D eigenvalue weighted by atomic mass is 9.98. The highest BCUT2D eigenvalue weighted by Gasteiger charge is 2.32. The van der Waals surface area contributed by atoms with Gasteiger partial charge in [0.15, 0.2) is 0 Å². The molecule has 134 valence electrons. The molecular weight excluding hydrogens is 328 g/mol. The second-order valence-electron chi connectivity index (χ2n) is 6.32. The first kappa shape index (κ1) is 16.6. The number of hydrogen-bond donors (Lipinski definition) is 1. The van der Waals surface area contributed by atoms with Crippen LogP contribution >= 0.6 is 0 Å². The highest BCUT2D eigenvalue weighted by Crippen LogP contribution is 2.35. The van der Waals surface area contributed by atoms with E-state index in [1.54, 1.807) is 20.5 Å². The molecule has 0 bridgehead atoms. The number of benzene rings is 1. The predicted molar refractivity (Wildman–Crippen MR) is 98.3 cm³/mol. The van der Waals surface area contributed by atoms with E-state index < -0.39 is 0 Å². The van der Waals surface area contributed by atoms with Gasteiger partial charge in [0, 0.05) is 37.0 Å². The molecule has 6 nitrogen and oxygen atoms in total. The topological polar surface area (TPSA) is 63.3 Å². The van der Waals surface area contributed by atoms with Gasteiger partial charge in [0.05, 0.1) is 38.0 Å². The zero-order valence-electron chi connectivity index (χ0n) is 15.0. The van der Waals surface area contributed by atoms with Crippen molar-refractivity contribution in [2.75, 3.05) is 20.8 Å². The van der Waals surface area contributed by atoms with E-state index in [2.05, 4.69) is 25.9 Å². The van der Waals surface area contributed by atoms with Gasteiger partial charge in [0.1, 0.15) is 11.5 Å². The van der Waals surface area contributed by atoms with Crippen molar-refractivity contribution in [2.45, 2.75) is 19.0 Å². The number of fused-ring (bicyclic) bond motifs is 1. The molecule has 3 aromatic rings. The van der Waals surface area contributed by atoms with Gasteiger partial charge in [-0.15, -0.1) is 0 Å². The Balaban J connectivity index is 1.72. The quantitative estimate of drug-likeness (QED) is 0.766. The van der Waals surface area contributed by atoms with Crippen molar-refractivity contribution in [1.82, 2.24) is 19.9 Å². The lowest BCUT2D eigenvalue weighted by Gasteiger charge is -2.34. The van der Waals surface area contributed by atoms with Crippen molar-refractivity contribution in [3.63, 3.8) is 0 Å². The summed E-state index contributed by atoms with van der Waals surface area (Å²) in [5, 5.41) is 0. The van der Waals surface area contributed by atoms with Crippen molar-refractivity contribution >= 4 is 0 Å². The van der Waals surface area contributed by atoms with E-state index >= 15 is 0 Å². The fourth-order valence-electron chi connectivity index (χ4n) is 3.58. The third-order valence-corrected chi connectivity index (χ3v) is 4.85. The molecule has 2 aromatic heterocycles. The lowest BCUT2D eigenvalue weighted by molar-refractivity contribution is 0.194. The van der Waals surface area contributed by atoms with Crippen LogP contribution in [-0.4, -0.2) is 40.6 Å². The van der Waals surface area contributed by atoms with Crippen molar-refractivity contribution < 1.29 is 9.47 Å². The minimum atomic E-state index is 0.0158. The molecule has 1 aliphatic rings. The SMILES string of the molecule is COc1ccc(OC)c(CN2CCc3[nH]cnc3C2c2ccccn2)c1. The Labute approximate surface area is 152 Å². The standard InChI is InChI=1S/C20H22N4O2/c1-25-15-6-7-18(26-2)14(11-15)12-24-10-8-16-19(23-13-22-16)20(24)17-5-3-4-9-21-17/h3-7,9,11,13,20H,8,10,12H2,1-2H3,(H,22,23). The number of aromatic amines is 1. The lowest BCUT2D eigenvalue weighted by Crippen LogP contribution is -2.36. The van der Waals surface area contributed by atoms with E-state index in [1.807, 2.05) is 36.5 Å². The van der Waals surface area contributed by atoms with Gasteiger partial charge in [-0.1, -0.05) is 6.07 Å². The van der Waals surface area contributed by atoms with Gasteiger partial charge in [0.25, 0.3) is 0 Å². The van der Waals surface area contributed by atoms with Gasteiger partial charge < -0.3 is 14.5 Å². The van der Waals surface area contributed by atoms with Crippen LogP contribution in [0.3, 0.4) is 0 Å². The normalized spacial score (nSPS) is 16.9. The van der Waals surface area contributed by atoms with Crippen LogP contribution < -0.4 is 9.47 Å². The Morgan fingerprint density at radius 1 is 1.15 bits per heavy atom. The van der Waals surface area contributed by atoms with Gasteiger partial charge >= 0.3 is 0 Å². The summed E-state index contributed by atoms with van der Waals surface area (Å²) in [6.45, 7) is 1.64. The summed E-state index contributed by atoms with van der Waals surface area (Å²) in [5.41, 5.74) is 4.33.